The Bertz CT molecular complexity index is 802. The van der Waals surface area contributed by atoms with Crippen LogP contribution < -0.4 is 10.8 Å². The normalized spacial score (nSPS) is 11.7. The highest BCUT2D eigenvalue weighted by atomic mass is 16.5. The van der Waals surface area contributed by atoms with E-state index in [2.05, 4.69) is 5.32 Å². The highest BCUT2D eigenvalue weighted by molar-refractivity contribution is 5.97. The molecule has 1 atom stereocenters. The number of carbonyl (C=O) groups is 3. The van der Waals surface area contributed by atoms with Crippen molar-refractivity contribution in [2.75, 3.05) is 0 Å². The van der Waals surface area contributed by atoms with Gasteiger partial charge in [-0.3, -0.25) is 14.8 Å². The summed E-state index contributed by atoms with van der Waals surface area (Å²) in [6, 6.07) is 13.5. The van der Waals surface area contributed by atoms with Crippen molar-refractivity contribution in [1.82, 2.24) is 10.8 Å². The minimum Gasteiger partial charge on any atom is -0.479 e. The molecule has 2 rings (SSSR count). The van der Waals surface area contributed by atoms with Crippen LogP contribution in [-0.2, 0) is 9.59 Å². The highest BCUT2D eigenvalue weighted by Crippen LogP contribution is 2.15. The first-order valence-corrected chi connectivity index (χ1v) is 7.32. The van der Waals surface area contributed by atoms with Crippen molar-refractivity contribution in [3.8, 4) is 0 Å². The van der Waals surface area contributed by atoms with Crippen molar-refractivity contribution in [3.05, 3.63) is 77.4 Å². The number of rotatable bonds is 6. The molecule has 0 fully saturated rings. The average Bonchev–Trinajstić information content (AvgIpc) is 2.64. The molecule has 0 saturated heterocycles. The molecular formula is C18H16N2O5. The fraction of sp³-hybridized carbons (Fsp3) is 0.0556. The summed E-state index contributed by atoms with van der Waals surface area (Å²) in [6.07, 6.45) is 2.51. The zero-order chi connectivity index (χ0) is 18.2. The van der Waals surface area contributed by atoms with Crippen molar-refractivity contribution in [2.45, 2.75) is 6.04 Å². The fourth-order valence-electron chi connectivity index (χ4n) is 2.14. The van der Waals surface area contributed by atoms with Crippen molar-refractivity contribution < 1.29 is 24.7 Å². The lowest BCUT2D eigenvalue weighted by Crippen LogP contribution is -2.33. The molecule has 2 amide bonds. The van der Waals surface area contributed by atoms with E-state index in [-0.39, 0.29) is 5.56 Å². The van der Waals surface area contributed by atoms with E-state index < -0.39 is 23.8 Å². The number of nitrogens with one attached hydrogen (secondary N) is 2. The molecule has 4 N–H and O–H groups in total. The maximum atomic E-state index is 12.4. The number of carboxylic acids is 1. The molecule has 0 bridgehead atoms. The van der Waals surface area contributed by atoms with Crippen LogP contribution in [-0.4, -0.2) is 28.1 Å². The van der Waals surface area contributed by atoms with Crippen LogP contribution in [0.15, 0.2) is 60.7 Å². The summed E-state index contributed by atoms with van der Waals surface area (Å²) < 4.78 is 0. The molecule has 128 valence electrons. The van der Waals surface area contributed by atoms with E-state index in [1.165, 1.54) is 23.7 Å². The number of amides is 2. The molecule has 0 spiro atoms. The van der Waals surface area contributed by atoms with Crippen molar-refractivity contribution in [2.24, 2.45) is 0 Å². The summed E-state index contributed by atoms with van der Waals surface area (Å²) in [6.45, 7) is 0. The number of carboxylic acid groups (broad SMARTS) is 1. The summed E-state index contributed by atoms with van der Waals surface area (Å²) in [7, 11) is 0. The topological polar surface area (TPSA) is 116 Å². The maximum Gasteiger partial charge on any atom is 0.330 e. The Balaban J connectivity index is 2.18. The van der Waals surface area contributed by atoms with Crippen LogP contribution in [0.4, 0.5) is 0 Å². The molecular weight excluding hydrogens is 324 g/mol. The van der Waals surface area contributed by atoms with E-state index in [4.69, 9.17) is 5.21 Å². The molecule has 0 aliphatic heterocycles. The molecule has 2 aromatic carbocycles. The Morgan fingerprint density at radius 3 is 2.36 bits per heavy atom. The second-order valence-corrected chi connectivity index (χ2v) is 5.09. The monoisotopic (exact) mass is 340 g/mol. The first kappa shape index (κ1) is 17.9. The molecule has 0 unspecified atom stereocenters. The van der Waals surface area contributed by atoms with Gasteiger partial charge >= 0.3 is 5.97 Å². The molecule has 7 nitrogen and oxygen atoms in total. The van der Waals surface area contributed by atoms with Gasteiger partial charge in [0.1, 0.15) is 0 Å². The van der Waals surface area contributed by atoms with Gasteiger partial charge in [-0.1, -0.05) is 42.5 Å². The van der Waals surface area contributed by atoms with Gasteiger partial charge in [-0.05, 0) is 29.3 Å². The predicted octanol–water partition coefficient (Wildman–Crippen LogP) is 1.76. The van der Waals surface area contributed by atoms with E-state index in [0.717, 1.165) is 6.08 Å². The van der Waals surface area contributed by atoms with E-state index in [0.29, 0.717) is 11.1 Å². The largest absolute Gasteiger partial charge is 0.479 e. The smallest absolute Gasteiger partial charge is 0.330 e. The molecule has 0 radical (unpaired) electrons. The molecule has 0 aliphatic carbocycles. The van der Waals surface area contributed by atoms with E-state index in [1.54, 1.807) is 42.5 Å². The van der Waals surface area contributed by atoms with Gasteiger partial charge in [-0.15, -0.1) is 0 Å². The summed E-state index contributed by atoms with van der Waals surface area (Å²) in [5.74, 6) is -2.43. The number of hydrogen-bond acceptors (Lipinski definition) is 4. The minimum absolute atomic E-state index is 0.244. The van der Waals surface area contributed by atoms with Gasteiger partial charge in [0.2, 0.25) is 0 Å². The number of benzene rings is 2. The third-order valence-electron chi connectivity index (χ3n) is 3.34. The Kier molecular flexibility index (Phi) is 6.02. The van der Waals surface area contributed by atoms with Gasteiger partial charge < -0.3 is 10.4 Å². The second-order valence-electron chi connectivity index (χ2n) is 5.09. The van der Waals surface area contributed by atoms with Crippen LogP contribution in [0.3, 0.4) is 0 Å². The van der Waals surface area contributed by atoms with Gasteiger partial charge in [0.05, 0.1) is 0 Å². The summed E-state index contributed by atoms with van der Waals surface area (Å²) in [4.78, 5) is 34.8. The van der Waals surface area contributed by atoms with Gasteiger partial charge in [0.25, 0.3) is 11.8 Å². The molecule has 25 heavy (non-hydrogen) atoms. The average molecular weight is 340 g/mol. The lowest BCUT2D eigenvalue weighted by Gasteiger charge is -2.15. The van der Waals surface area contributed by atoms with Crippen LogP contribution in [0.25, 0.3) is 6.08 Å². The van der Waals surface area contributed by atoms with E-state index >= 15 is 0 Å². The molecule has 2 aromatic rings. The lowest BCUT2D eigenvalue weighted by molar-refractivity contribution is -0.139. The SMILES string of the molecule is O=C(C=Cc1cccc(C(=O)N[C@H](C(=O)O)c2ccccc2)c1)NO. The summed E-state index contributed by atoms with van der Waals surface area (Å²) in [5, 5.41) is 20.3. The fourth-order valence-corrected chi connectivity index (χ4v) is 2.14. The number of aliphatic carboxylic acids is 1. The number of carbonyl (C=O) groups excluding carboxylic acids is 2. The minimum atomic E-state index is -1.17. The van der Waals surface area contributed by atoms with Crippen LogP contribution in [0.5, 0.6) is 0 Å². The Morgan fingerprint density at radius 1 is 1.00 bits per heavy atom. The van der Waals surface area contributed by atoms with Crippen LogP contribution >= 0.6 is 0 Å². The predicted molar refractivity (Wildman–Crippen MR) is 89.7 cm³/mol. The zero-order valence-corrected chi connectivity index (χ0v) is 13.0. The van der Waals surface area contributed by atoms with Crippen LogP contribution in [0.2, 0.25) is 0 Å². The molecule has 0 aliphatic rings. The number of hydrogen-bond donors (Lipinski definition) is 4. The maximum absolute atomic E-state index is 12.4. The van der Waals surface area contributed by atoms with Crippen molar-refractivity contribution in [3.63, 3.8) is 0 Å². The quantitative estimate of drug-likeness (QED) is 0.363. The van der Waals surface area contributed by atoms with Gasteiger partial charge in [0.15, 0.2) is 6.04 Å². The van der Waals surface area contributed by atoms with Crippen molar-refractivity contribution in [1.29, 1.82) is 0 Å². The molecule has 0 saturated carbocycles. The van der Waals surface area contributed by atoms with Crippen LogP contribution in [0, 0.1) is 0 Å². The Morgan fingerprint density at radius 2 is 1.72 bits per heavy atom. The zero-order valence-electron chi connectivity index (χ0n) is 13.0. The van der Waals surface area contributed by atoms with Gasteiger partial charge in [-0.2, -0.15) is 0 Å². The first-order chi connectivity index (χ1) is 12.0. The second kappa shape index (κ2) is 8.42. The lowest BCUT2D eigenvalue weighted by atomic mass is 10.1. The molecule has 7 heteroatoms. The third-order valence-corrected chi connectivity index (χ3v) is 3.34. The van der Waals surface area contributed by atoms with Gasteiger partial charge in [-0.25, -0.2) is 10.3 Å². The van der Waals surface area contributed by atoms with Gasteiger partial charge in [0, 0.05) is 11.6 Å². The third kappa shape index (κ3) is 5.02. The van der Waals surface area contributed by atoms with Crippen molar-refractivity contribution >= 4 is 23.9 Å². The van der Waals surface area contributed by atoms with E-state index in [1.807, 2.05) is 0 Å². The molecule has 0 heterocycles. The number of hydroxylamine groups is 1. The van der Waals surface area contributed by atoms with Crippen LogP contribution in [0.1, 0.15) is 27.5 Å². The summed E-state index contributed by atoms with van der Waals surface area (Å²) >= 11 is 0. The van der Waals surface area contributed by atoms with E-state index in [9.17, 15) is 19.5 Å². The Hall–Kier alpha value is -3.45. The standard InChI is InChI=1S/C18H16N2O5/c21-15(20-25)10-9-12-5-4-8-14(11-12)17(22)19-16(18(23)24)13-6-2-1-3-7-13/h1-11,16,25H,(H,19,22)(H,20,21)(H,23,24)/t16-/m0/s1. The highest BCUT2D eigenvalue weighted by Gasteiger charge is 2.22. The first-order valence-electron chi connectivity index (χ1n) is 7.32. The summed E-state index contributed by atoms with van der Waals surface area (Å²) in [5.41, 5.74) is 2.70. The Labute approximate surface area is 143 Å². The molecule has 0 aromatic heterocycles.